The SMILES string of the molecule is C#C[C@@H]1C=C[C@H]2OC(=O)C=C[C@H]2O1. The first-order valence-corrected chi connectivity index (χ1v) is 3.98. The molecule has 2 rings (SSSR count). The molecule has 0 N–H and O–H groups in total. The normalized spacial score (nSPS) is 36.2. The lowest BCUT2D eigenvalue weighted by molar-refractivity contribution is -0.149. The average molecular weight is 176 g/mol. The van der Waals surface area contributed by atoms with Gasteiger partial charge in [0.15, 0.2) is 6.10 Å². The molecule has 0 aromatic carbocycles. The summed E-state index contributed by atoms with van der Waals surface area (Å²) in [6.45, 7) is 0. The fourth-order valence-corrected chi connectivity index (χ4v) is 1.31. The molecule has 0 unspecified atom stereocenters. The van der Waals surface area contributed by atoms with Crippen LogP contribution in [-0.2, 0) is 14.3 Å². The zero-order chi connectivity index (χ0) is 9.26. The monoisotopic (exact) mass is 176 g/mol. The van der Waals surface area contributed by atoms with Crippen LogP contribution in [0.3, 0.4) is 0 Å². The Labute approximate surface area is 76.0 Å². The van der Waals surface area contributed by atoms with Gasteiger partial charge in [-0.1, -0.05) is 5.92 Å². The number of esters is 1. The number of fused-ring (bicyclic) bond motifs is 1. The molecule has 2 aliphatic heterocycles. The second-order valence-electron chi connectivity index (χ2n) is 2.83. The Morgan fingerprint density at radius 1 is 1.31 bits per heavy atom. The van der Waals surface area contributed by atoms with E-state index < -0.39 is 0 Å². The van der Waals surface area contributed by atoms with Crippen LogP contribution in [0.5, 0.6) is 0 Å². The smallest absolute Gasteiger partial charge is 0.331 e. The molecule has 0 amide bonds. The van der Waals surface area contributed by atoms with Crippen molar-refractivity contribution >= 4 is 5.97 Å². The van der Waals surface area contributed by atoms with Crippen molar-refractivity contribution in [2.24, 2.45) is 0 Å². The zero-order valence-corrected chi connectivity index (χ0v) is 6.84. The minimum Gasteiger partial charge on any atom is -0.452 e. The molecule has 3 atom stereocenters. The van der Waals surface area contributed by atoms with E-state index in [1.54, 1.807) is 18.2 Å². The van der Waals surface area contributed by atoms with Crippen molar-refractivity contribution < 1.29 is 14.3 Å². The maximum Gasteiger partial charge on any atom is 0.331 e. The van der Waals surface area contributed by atoms with Gasteiger partial charge in [0.1, 0.15) is 12.2 Å². The fourth-order valence-electron chi connectivity index (χ4n) is 1.31. The molecule has 66 valence electrons. The first-order valence-electron chi connectivity index (χ1n) is 3.98. The van der Waals surface area contributed by atoms with Crippen LogP contribution < -0.4 is 0 Å². The quantitative estimate of drug-likeness (QED) is 0.305. The maximum atomic E-state index is 10.8. The molecule has 0 bridgehead atoms. The third-order valence-corrected chi connectivity index (χ3v) is 1.94. The van der Waals surface area contributed by atoms with Gasteiger partial charge in [0.25, 0.3) is 0 Å². The van der Waals surface area contributed by atoms with Gasteiger partial charge in [-0.25, -0.2) is 4.79 Å². The standard InChI is InChI=1S/C10H8O3/c1-2-7-3-4-9-8(12-7)5-6-10(11)13-9/h1,3-9H/t7-,8-,9-/m1/s1. The minimum atomic E-state index is -0.339. The van der Waals surface area contributed by atoms with E-state index in [-0.39, 0.29) is 24.3 Å². The summed E-state index contributed by atoms with van der Waals surface area (Å²) < 4.78 is 10.4. The molecule has 13 heavy (non-hydrogen) atoms. The van der Waals surface area contributed by atoms with E-state index in [1.165, 1.54) is 6.08 Å². The molecule has 2 heterocycles. The van der Waals surface area contributed by atoms with Crippen LogP contribution in [-0.4, -0.2) is 24.3 Å². The first kappa shape index (κ1) is 8.09. The summed E-state index contributed by atoms with van der Waals surface area (Å²) >= 11 is 0. The maximum absolute atomic E-state index is 10.8. The zero-order valence-electron chi connectivity index (χ0n) is 6.84. The molecule has 0 fully saturated rings. The summed E-state index contributed by atoms with van der Waals surface area (Å²) in [4.78, 5) is 10.8. The Kier molecular flexibility index (Phi) is 1.91. The number of hydrogen-bond donors (Lipinski definition) is 0. The van der Waals surface area contributed by atoms with E-state index >= 15 is 0 Å². The van der Waals surface area contributed by atoms with E-state index in [4.69, 9.17) is 15.9 Å². The molecule has 0 saturated heterocycles. The third kappa shape index (κ3) is 1.49. The van der Waals surface area contributed by atoms with Gasteiger partial charge >= 0.3 is 5.97 Å². The van der Waals surface area contributed by atoms with Gasteiger partial charge in [0, 0.05) is 6.08 Å². The highest BCUT2D eigenvalue weighted by Crippen LogP contribution is 2.20. The highest BCUT2D eigenvalue weighted by atomic mass is 16.6. The Morgan fingerprint density at radius 2 is 2.15 bits per heavy atom. The van der Waals surface area contributed by atoms with Gasteiger partial charge in [-0.2, -0.15) is 0 Å². The predicted octanol–water partition coefficient (Wildman–Crippen LogP) is 0.425. The van der Waals surface area contributed by atoms with E-state index in [0.29, 0.717) is 0 Å². The van der Waals surface area contributed by atoms with E-state index in [9.17, 15) is 4.79 Å². The van der Waals surface area contributed by atoms with Crippen molar-refractivity contribution in [2.75, 3.05) is 0 Å². The Morgan fingerprint density at radius 3 is 2.92 bits per heavy atom. The molecule has 3 heteroatoms. The molecular formula is C10H8O3. The van der Waals surface area contributed by atoms with Gasteiger partial charge in [-0.05, 0) is 18.2 Å². The van der Waals surface area contributed by atoms with Gasteiger partial charge in [0.05, 0.1) is 0 Å². The van der Waals surface area contributed by atoms with Crippen LogP contribution in [0.4, 0.5) is 0 Å². The highest BCUT2D eigenvalue weighted by molar-refractivity contribution is 5.83. The second kappa shape index (κ2) is 3.08. The number of terminal acetylenes is 1. The van der Waals surface area contributed by atoms with Gasteiger partial charge in [-0.15, -0.1) is 6.42 Å². The summed E-state index contributed by atoms with van der Waals surface area (Å²) in [6, 6.07) is 0. The first-order chi connectivity index (χ1) is 6.29. The minimum absolute atomic E-state index is 0.233. The lowest BCUT2D eigenvalue weighted by atomic mass is 10.1. The van der Waals surface area contributed by atoms with Crippen molar-refractivity contribution in [3.8, 4) is 12.3 Å². The Bertz CT molecular complexity index is 322. The lowest BCUT2D eigenvalue weighted by Gasteiger charge is -2.30. The Balaban J connectivity index is 2.18. The highest BCUT2D eigenvalue weighted by Gasteiger charge is 2.29. The van der Waals surface area contributed by atoms with Crippen molar-refractivity contribution in [3.63, 3.8) is 0 Å². The van der Waals surface area contributed by atoms with Gasteiger partial charge in [0.2, 0.25) is 0 Å². The summed E-state index contributed by atoms with van der Waals surface area (Å²) in [5.41, 5.74) is 0. The summed E-state index contributed by atoms with van der Waals surface area (Å²) in [7, 11) is 0. The molecule has 0 aromatic heterocycles. The summed E-state index contributed by atoms with van der Waals surface area (Å²) in [5.74, 6) is 2.13. The topological polar surface area (TPSA) is 35.5 Å². The van der Waals surface area contributed by atoms with Crippen molar-refractivity contribution in [1.29, 1.82) is 0 Å². The predicted molar refractivity (Wildman–Crippen MR) is 45.7 cm³/mol. The third-order valence-electron chi connectivity index (χ3n) is 1.94. The lowest BCUT2D eigenvalue weighted by Crippen LogP contribution is -2.38. The molecule has 3 nitrogen and oxygen atoms in total. The van der Waals surface area contributed by atoms with Gasteiger partial charge in [-0.3, -0.25) is 0 Å². The van der Waals surface area contributed by atoms with Crippen molar-refractivity contribution in [3.05, 3.63) is 24.3 Å². The van der Waals surface area contributed by atoms with E-state index in [0.717, 1.165) is 0 Å². The summed E-state index contributed by atoms with van der Waals surface area (Å²) in [5, 5.41) is 0. The fraction of sp³-hybridized carbons (Fsp3) is 0.300. The van der Waals surface area contributed by atoms with Crippen molar-refractivity contribution in [2.45, 2.75) is 18.3 Å². The average Bonchev–Trinajstić information content (AvgIpc) is 2.17. The number of hydrogen-bond acceptors (Lipinski definition) is 3. The van der Waals surface area contributed by atoms with Crippen LogP contribution in [0.25, 0.3) is 0 Å². The molecule has 0 saturated carbocycles. The van der Waals surface area contributed by atoms with Crippen LogP contribution in [0.2, 0.25) is 0 Å². The number of rotatable bonds is 0. The van der Waals surface area contributed by atoms with Crippen LogP contribution in [0.15, 0.2) is 24.3 Å². The van der Waals surface area contributed by atoms with Crippen LogP contribution >= 0.6 is 0 Å². The molecule has 2 aliphatic rings. The Hall–Kier alpha value is -1.53. The molecule has 0 spiro atoms. The van der Waals surface area contributed by atoms with Gasteiger partial charge < -0.3 is 9.47 Å². The largest absolute Gasteiger partial charge is 0.452 e. The van der Waals surface area contributed by atoms with Crippen LogP contribution in [0, 0.1) is 12.3 Å². The number of ether oxygens (including phenoxy) is 2. The van der Waals surface area contributed by atoms with Crippen LogP contribution in [0.1, 0.15) is 0 Å². The molecule has 0 aromatic rings. The van der Waals surface area contributed by atoms with E-state index in [2.05, 4.69) is 5.92 Å². The summed E-state index contributed by atoms with van der Waals surface area (Å²) in [6.07, 6.45) is 10.8. The number of carbonyl (C=O) groups is 1. The van der Waals surface area contributed by atoms with E-state index in [1.807, 2.05) is 0 Å². The molecule has 0 radical (unpaired) electrons. The molecule has 0 aliphatic carbocycles. The number of carbonyl (C=O) groups excluding carboxylic acids is 1. The second-order valence-corrected chi connectivity index (χ2v) is 2.83. The van der Waals surface area contributed by atoms with Crippen molar-refractivity contribution in [1.82, 2.24) is 0 Å². The molecular weight excluding hydrogens is 168 g/mol.